The maximum atomic E-state index is 6.01. The summed E-state index contributed by atoms with van der Waals surface area (Å²) in [6.45, 7) is 5.20. The topological polar surface area (TPSA) is 21.3 Å². The van der Waals surface area contributed by atoms with Crippen molar-refractivity contribution in [2.24, 2.45) is 0 Å². The van der Waals surface area contributed by atoms with Gasteiger partial charge in [0.2, 0.25) is 0 Å². The monoisotopic (exact) mass is 323 g/mol. The van der Waals surface area contributed by atoms with Gasteiger partial charge in [-0.15, -0.1) is 0 Å². The largest absolute Gasteiger partial charge is 0.485 e. The number of halogens is 1. The standard InChI is InChI=1S/C16H22BrNO/c1-12(2)18-11-13-8-9-16(15(17)10-13)19-14-6-4-3-5-7-14/h4,6,8-10,12,14,18H,3,5,7,11H2,1-2H3. The van der Waals surface area contributed by atoms with Gasteiger partial charge in [-0.05, 0) is 59.0 Å². The highest BCUT2D eigenvalue weighted by molar-refractivity contribution is 9.10. The zero-order chi connectivity index (χ0) is 13.7. The molecule has 0 amide bonds. The molecule has 2 nitrogen and oxygen atoms in total. The Morgan fingerprint density at radius 2 is 2.26 bits per heavy atom. The van der Waals surface area contributed by atoms with Crippen LogP contribution in [-0.4, -0.2) is 12.1 Å². The van der Waals surface area contributed by atoms with Gasteiger partial charge < -0.3 is 10.1 Å². The first-order valence-corrected chi connectivity index (χ1v) is 7.79. The number of ether oxygens (including phenoxy) is 1. The molecule has 0 saturated heterocycles. The van der Waals surface area contributed by atoms with E-state index in [1.54, 1.807) is 0 Å². The van der Waals surface area contributed by atoms with E-state index in [9.17, 15) is 0 Å². The third-order valence-electron chi connectivity index (χ3n) is 3.20. The summed E-state index contributed by atoms with van der Waals surface area (Å²) in [5.41, 5.74) is 1.27. The fraction of sp³-hybridized carbons (Fsp3) is 0.500. The summed E-state index contributed by atoms with van der Waals surface area (Å²) in [6.07, 6.45) is 8.12. The highest BCUT2D eigenvalue weighted by atomic mass is 79.9. The Kier molecular flexibility index (Phi) is 5.46. The highest BCUT2D eigenvalue weighted by Crippen LogP contribution is 2.28. The Balaban J connectivity index is 1.98. The molecule has 2 rings (SSSR count). The molecule has 0 aromatic heterocycles. The van der Waals surface area contributed by atoms with Crippen molar-refractivity contribution in [1.29, 1.82) is 0 Å². The maximum Gasteiger partial charge on any atom is 0.134 e. The Morgan fingerprint density at radius 3 is 2.89 bits per heavy atom. The van der Waals surface area contributed by atoms with E-state index in [0.29, 0.717) is 6.04 Å². The van der Waals surface area contributed by atoms with E-state index in [-0.39, 0.29) is 6.10 Å². The summed E-state index contributed by atoms with van der Waals surface area (Å²) in [5, 5.41) is 3.42. The molecule has 0 spiro atoms. The average molecular weight is 324 g/mol. The first-order chi connectivity index (χ1) is 9.15. The van der Waals surface area contributed by atoms with Crippen LogP contribution in [0.2, 0.25) is 0 Å². The second-order valence-corrected chi connectivity index (χ2v) is 6.17. The number of hydrogen-bond donors (Lipinski definition) is 1. The van der Waals surface area contributed by atoms with Crippen LogP contribution in [0.1, 0.15) is 38.7 Å². The molecular weight excluding hydrogens is 302 g/mol. The molecule has 1 aromatic carbocycles. The molecular formula is C16H22BrNO. The van der Waals surface area contributed by atoms with Crippen LogP contribution in [0.15, 0.2) is 34.8 Å². The summed E-state index contributed by atoms with van der Waals surface area (Å²) in [6, 6.07) is 6.82. The van der Waals surface area contributed by atoms with Crippen LogP contribution in [0.5, 0.6) is 5.75 Å². The number of nitrogens with one attached hydrogen (secondary N) is 1. The van der Waals surface area contributed by atoms with Crippen LogP contribution in [0.4, 0.5) is 0 Å². The molecule has 0 fully saturated rings. The fourth-order valence-corrected chi connectivity index (χ4v) is 2.63. The molecule has 0 bridgehead atoms. The SMILES string of the molecule is CC(C)NCc1ccc(OC2C=CCCC2)c(Br)c1. The molecule has 1 aliphatic rings. The van der Waals surface area contributed by atoms with Gasteiger partial charge >= 0.3 is 0 Å². The summed E-state index contributed by atoms with van der Waals surface area (Å²) in [7, 11) is 0. The molecule has 1 aliphatic carbocycles. The molecule has 0 saturated carbocycles. The Labute approximate surface area is 124 Å². The van der Waals surface area contributed by atoms with Crippen LogP contribution in [0.25, 0.3) is 0 Å². The smallest absolute Gasteiger partial charge is 0.134 e. The van der Waals surface area contributed by atoms with Crippen LogP contribution in [-0.2, 0) is 6.54 Å². The van der Waals surface area contributed by atoms with Gasteiger partial charge in [0.15, 0.2) is 0 Å². The fourth-order valence-electron chi connectivity index (χ4n) is 2.11. The normalized spacial score (nSPS) is 18.8. The Morgan fingerprint density at radius 1 is 1.42 bits per heavy atom. The Bertz CT molecular complexity index is 442. The molecule has 19 heavy (non-hydrogen) atoms. The van der Waals surface area contributed by atoms with Crippen molar-refractivity contribution < 1.29 is 4.74 Å². The van der Waals surface area contributed by atoms with E-state index in [4.69, 9.17) is 4.74 Å². The number of allylic oxidation sites excluding steroid dienone is 1. The third kappa shape index (κ3) is 4.66. The van der Waals surface area contributed by atoms with Gasteiger partial charge in [0.1, 0.15) is 11.9 Å². The lowest BCUT2D eigenvalue weighted by atomic mass is 10.1. The van der Waals surface area contributed by atoms with E-state index in [0.717, 1.165) is 23.2 Å². The second kappa shape index (κ2) is 7.11. The molecule has 0 heterocycles. The van der Waals surface area contributed by atoms with E-state index < -0.39 is 0 Å². The molecule has 1 atom stereocenters. The first-order valence-electron chi connectivity index (χ1n) is 7.00. The third-order valence-corrected chi connectivity index (χ3v) is 3.82. The van der Waals surface area contributed by atoms with Crippen molar-refractivity contribution in [3.05, 3.63) is 40.4 Å². The predicted molar refractivity (Wildman–Crippen MR) is 83.5 cm³/mol. The summed E-state index contributed by atoms with van der Waals surface area (Å²) < 4.78 is 7.05. The lowest BCUT2D eigenvalue weighted by Crippen LogP contribution is -2.21. The van der Waals surface area contributed by atoms with E-state index >= 15 is 0 Å². The zero-order valence-electron chi connectivity index (χ0n) is 11.7. The van der Waals surface area contributed by atoms with Crippen LogP contribution in [0.3, 0.4) is 0 Å². The van der Waals surface area contributed by atoms with E-state index in [2.05, 4.69) is 65.4 Å². The van der Waals surface area contributed by atoms with Crippen LogP contribution < -0.4 is 10.1 Å². The lowest BCUT2D eigenvalue weighted by Gasteiger charge is -2.19. The summed E-state index contributed by atoms with van der Waals surface area (Å²) >= 11 is 3.60. The van der Waals surface area contributed by atoms with Crippen molar-refractivity contribution >= 4 is 15.9 Å². The molecule has 3 heteroatoms. The maximum absolute atomic E-state index is 6.01. The second-order valence-electron chi connectivity index (χ2n) is 5.32. The number of hydrogen-bond acceptors (Lipinski definition) is 2. The molecule has 1 unspecified atom stereocenters. The van der Waals surface area contributed by atoms with Gasteiger partial charge in [-0.2, -0.15) is 0 Å². The number of rotatable bonds is 5. The molecule has 0 aliphatic heterocycles. The Hall–Kier alpha value is -0.800. The molecule has 0 radical (unpaired) electrons. The summed E-state index contributed by atoms with van der Waals surface area (Å²) in [4.78, 5) is 0. The minimum atomic E-state index is 0.227. The van der Waals surface area contributed by atoms with Crippen molar-refractivity contribution in [3.63, 3.8) is 0 Å². The molecule has 104 valence electrons. The first kappa shape index (κ1) is 14.6. The number of benzene rings is 1. The summed E-state index contributed by atoms with van der Waals surface area (Å²) in [5.74, 6) is 0.935. The quantitative estimate of drug-likeness (QED) is 0.809. The molecule has 1 aromatic rings. The van der Waals surface area contributed by atoms with Gasteiger partial charge in [-0.3, -0.25) is 0 Å². The van der Waals surface area contributed by atoms with Crippen molar-refractivity contribution in [2.45, 2.75) is 51.8 Å². The van der Waals surface area contributed by atoms with Crippen molar-refractivity contribution in [3.8, 4) is 5.75 Å². The average Bonchev–Trinajstić information content (AvgIpc) is 2.40. The van der Waals surface area contributed by atoms with Gasteiger partial charge in [-0.1, -0.05) is 26.0 Å². The lowest BCUT2D eigenvalue weighted by molar-refractivity contribution is 0.228. The van der Waals surface area contributed by atoms with Gasteiger partial charge in [-0.25, -0.2) is 0 Å². The van der Waals surface area contributed by atoms with E-state index in [1.165, 1.54) is 18.4 Å². The van der Waals surface area contributed by atoms with Crippen molar-refractivity contribution in [1.82, 2.24) is 5.32 Å². The van der Waals surface area contributed by atoms with E-state index in [1.807, 2.05) is 0 Å². The van der Waals surface area contributed by atoms with Gasteiger partial charge in [0, 0.05) is 12.6 Å². The minimum absolute atomic E-state index is 0.227. The highest BCUT2D eigenvalue weighted by Gasteiger charge is 2.12. The predicted octanol–water partition coefficient (Wildman–Crippen LogP) is 4.43. The minimum Gasteiger partial charge on any atom is -0.485 e. The van der Waals surface area contributed by atoms with Crippen LogP contribution >= 0.6 is 15.9 Å². The van der Waals surface area contributed by atoms with Gasteiger partial charge in [0.25, 0.3) is 0 Å². The van der Waals surface area contributed by atoms with Gasteiger partial charge in [0.05, 0.1) is 4.47 Å². The van der Waals surface area contributed by atoms with Crippen molar-refractivity contribution in [2.75, 3.05) is 0 Å². The van der Waals surface area contributed by atoms with Crippen LogP contribution in [0, 0.1) is 0 Å². The molecule has 1 N–H and O–H groups in total. The zero-order valence-corrected chi connectivity index (χ0v) is 13.2.